The summed E-state index contributed by atoms with van der Waals surface area (Å²) in [5, 5.41) is 2.66. The third kappa shape index (κ3) is 8.11. The summed E-state index contributed by atoms with van der Waals surface area (Å²) in [6, 6.07) is 9.37. The Morgan fingerprint density at radius 1 is 0.911 bits per heavy atom. The Balaban J connectivity index is 1.94. The molecule has 5 nitrogen and oxygen atoms in total. The summed E-state index contributed by atoms with van der Waals surface area (Å²) in [4.78, 5) is 13.7. The van der Waals surface area contributed by atoms with Gasteiger partial charge in [-0.25, -0.2) is 8.78 Å². The molecule has 1 unspecified atom stereocenters. The number of nitrogens with one attached hydrogen (secondary N) is 1. The molecule has 4 rings (SSSR count). The maximum atomic E-state index is 15.1. The van der Waals surface area contributed by atoms with Crippen molar-refractivity contribution in [3.8, 4) is 17.2 Å². The van der Waals surface area contributed by atoms with Crippen LogP contribution >= 0.6 is 0 Å². The number of hydrogen-bond donors (Lipinski definition) is 1. The topological polar surface area (TPSA) is 56.8 Å². The molecule has 1 aliphatic rings. The number of halogens is 9. The Hall–Kier alpha value is -4.62. The molecule has 0 bridgehead atoms. The number of amides is 1. The van der Waals surface area contributed by atoms with Gasteiger partial charge >= 0.3 is 18.9 Å². The van der Waals surface area contributed by atoms with Crippen LogP contribution in [0, 0.1) is 17.6 Å². The Labute approximate surface area is 250 Å². The summed E-state index contributed by atoms with van der Waals surface area (Å²) in [7, 11) is 1.14. The molecule has 1 aliphatic carbocycles. The summed E-state index contributed by atoms with van der Waals surface area (Å²) < 4.78 is 135. The summed E-state index contributed by atoms with van der Waals surface area (Å²) >= 11 is 0. The molecule has 0 aromatic heterocycles. The van der Waals surface area contributed by atoms with Gasteiger partial charge in [0, 0.05) is 11.6 Å². The fraction of sp³-hybridized carbons (Fsp3) is 0.258. The van der Waals surface area contributed by atoms with E-state index in [1.54, 1.807) is 24.3 Å². The highest BCUT2D eigenvalue weighted by Crippen LogP contribution is 2.42. The van der Waals surface area contributed by atoms with Crippen LogP contribution in [0.25, 0.3) is 0 Å². The molecule has 0 aliphatic heterocycles. The fourth-order valence-corrected chi connectivity index (χ4v) is 4.87. The Morgan fingerprint density at radius 2 is 1.67 bits per heavy atom. The van der Waals surface area contributed by atoms with Crippen LogP contribution < -0.4 is 19.5 Å². The molecule has 0 spiro atoms. The fourth-order valence-electron chi connectivity index (χ4n) is 4.87. The van der Waals surface area contributed by atoms with E-state index in [2.05, 4.69) is 14.8 Å². The van der Waals surface area contributed by atoms with Gasteiger partial charge in [0.1, 0.15) is 17.3 Å². The molecule has 240 valence electrons. The first-order valence-corrected chi connectivity index (χ1v) is 13.1. The zero-order chi connectivity index (χ0) is 33.0. The highest BCUT2D eigenvalue weighted by atomic mass is 19.4. The second-order valence-electron chi connectivity index (χ2n) is 9.94. The van der Waals surface area contributed by atoms with Crippen LogP contribution in [0.2, 0.25) is 0 Å². The minimum absolute atomic E-state index is 0.0249. The molecule has 14 heteroatoms. The highest BCUT2D eigenvalue weighted by molar-refractivity contribution is 5.95. The largest absolute Gasteiger partial charge is 0.573 e. The molecule has 0 radical (unpaired) electrons. The van der Waals surface area contributed by atoms with Crippen molar-refractivity contribution in [1.29, 1.82) is 0 Å². The van der Waals surface area contributed by atoms with Gasteiger partial charge in [-0.2, -0.15) is 17.6 Å². The number of allylic oxidation sites excluding steroid dienone is 4. The second kappa shape index (κ2) is 13.2. The van der Waals surface area contributed by atoms with E-state index in [4.69, 9.17) is 4.74 Å². The van der Waals surface area contributed by atoms with Crippen LogP contribution in [0.4, 0.5) is 39.5 Å². The lowest BCUT2D eigenvalue weighted by atomic mass is 9.74. The average Bonchev–Trinajstić information content (AvgIpc) is 2.96. The van der Waals surface area contributed by atoms with E-state index < -0.39 is 59.4 Å². The number of methoxy groups -OCH3 is 1. The maximum Gasteiger partial charge on any atom is 0.573 e. The van der Waals surface area contributed by atoms with Crippen LogP contribution in [0.1, 0.15) is 34.3 Å². The number of alkyl halides is 7. The van der Waals surface area contributed by atoms with Gasteiger partial charge in [0.25, 0.3) is 5.91 Å². The van der Waals surface area contributed by atoms with Gasteiger partial charge in [0.05, 0.1) is 12.6 Å². The van der Waals surface area contributed by atoms with Crippen molar-refractivity contribution in [1.82, 2.24) is 5.32 Å². The van der Waals surface area contributed by atoms with Gasteiger partial charge in [-0.1, -0.05) is 36.4 Å². The smallest absolute Gasteiger partial charge is 0.494 e. The minimum atomic E-state index is -5.08. The van der Waals surface area contributed by atoms with Crippen molar-refractivity contribution in [2.75, 3.05) is 7.11 Å². The quantitative estimate of drug-likeness (QED) is 0.213. The Bertz CT molecular complexity index is 1590. The van der Waals surface area contributed by atoms with Gasteiger partial charge in [-0.3, -0.25) is 4.79 Å². The zero-order valence-corrected chi connectivity index (χ0v) is 23.2. The second-order valence-corrected chi connectivity index (χ2v) is 9.94. The average molecular weight is 646 g/mol. The van der Waals surface area contributed by atoms with Crippen molar-refractivity contribution in [2.24, 2.45) is 5.92 Å². The molecule has 45 heavy (non-hydrogen) atoms. The van der Waals surface area contributed by atoms with Gasteiger partial charge in [0.2, 0.25) is 0 Å². The predicted octanol–water partition coefficient (Wildman–Crippen LogP) is 8.30. The highest BCUT2D eigenvalue weighted by Gasteiger charge is 2.45. The van der Waals surface area contributed by atoms with Gasteiger partial charge in [-0.15, -0.1) is 13.2 Å². The third-order valence-corrected chi connectivity index (χ3v) is 6.81. The Kier molecular flexibility index (Phi) is 9.74. The summed E-state index contributed by atoms with van der Waals surface area (Å²) in [6.07, 6.45) is -7.29. The maximum absolute atomic E-state index is 15.1. The van der Waals surface area contributed by atoms with Crippen molar-refractivity contribution in [3.05, 3.63) is 113 Å². The lowest BCUT2D eigenvalue weighted by Gasteiger charge is -2.39. The number of benzene rings is 3. The first-order chi connectivity index (χ1) is 21.1. The molecule has 3 aromatic carbocycles. The number of carbonyl (C=O) groups excluding carboxylic acids is 1. The van der Waals surface area contributed by atoms with Crippen molar-refractivity contribution in [3.63, 3.8) is 0 Å². The molecule has 1 N–H and O–H groups in total. The predicted molar refractivity (Wildman–Crippen MR) is 143 cm³/mol. The molecule has 1 amide bonds. The third-order valence-electron chi connectivity index (χ3n) is 6.81. The number of carbonyl (C=O) groups is 1. The van der Waals surface area contributed by atoms with E-state index in [1.165, 1.54) is 6.07 Å². The van der Waals surface area contributed by atoms with E-state index in [-0.39, 0.29) is 28.9 Å². The van der Waals surface area contributed by atoms with Crippen LogP contribution in [-0.4, -0.2) is 31.9 Å². The molecule has 0 heterocycles. The summed E-state index contributed by atoms with van der Waals surface area (Å²) in [5.41, 5.74) is -2.60. The van der Waals surface area contributed by atoms with Crippen molar-refractivity contribution >= 4 is 5.91 Å². The molecule has 0 fully saturated rings. The van der Waals surface area contributed by atoms with Crippen molar-refractivity contribution in [2.45, 2.75) is 37.3 Å². The minimum Gasteiger partial charge on any atom is -0.494 e. The standard InChI is InChI=1S/C31H24F9NO4/c1-43-26-15-20(10-11-25(26)33)29(17-18-6-3-2-4-7-18,21-13-22(32)16-24(14-21)44-30(36,37)28(34)35)41-27(42)19-8-5-9-23(12-19)45-31(38,39)40/h2-6,8-16,18,28H,7,17H2,1H3,(H,41,42)/t18?,29-/m1/s1. The normalized spacial score (nSPS) is 16.3. The lowest BCUT2D eigenvalue weighted by molar-refractivity contribution is -0.274. The molecule has 2 atom stereocenters. The summed E-state index contributed by atoms with van der Waals surface area (Å²) in [5.74, 6) is -5.63. The van der Waals surface area contributed by atoms with Gasteiger partial charge in [0.15, 0.2) is 11.6 Å². The molecular weight excluding hydrogens is 621 g/mol. The van der Waals surface area contributed by atoms with Crippen molar-refractivity contribution < 1.29 is 58.5 Å². The SMILES string of the molecule is COc1cc([C@@](CC2C=CC=CC2)(NC(=O)c2cccc(OC(F)(F)F)c2)c2cc(F)cc(OC(F)(F)C(F)F)c2)ccc1F. The van der Waals surface area contributed by atoms with Crippen LogP contribution in [0.3, 0.4) is 0 Å². The number of rotatable bonds is 11. The van der Waals surface area contributed by atoms with Crippen LogP contribution in [-0.2, 0) is 5.54 Å². The first kappa shape index (κ1) is 33.3. The lowest BCUT2D eigenvalue weighted by Crippen LogP contribution is -2.48. The van der Waals surface area contributed by atoms with Crippen LogP contribution in [0.5, 0.6) is 17.2 Å². The van der Waals surface area contributed by atoms with E-state index in [1.807, 2.05) is 0 Å². The Morgan fingerprint density at radius 3 is 2.31 bits per heavy atom. The monoisotopic (exact) mass is 645 g/mol. The van der Waals surface area contributed by atoms with Gasteiger partial charge < -0.3 is 19.5 Å². The van der Waals surface area contributed by atoms with E-state index >= 15 is 4.39 Å². The van der Waals surface area contributed by atoms with E-state index in [0.717, 1.165) is 55.6 Å². The van der Waals surface area contributed by atoms with Crippen LogP contribution in [0.15, 0.2) is 85.0 Å². The molecule has 0 saturated heterocycles. The first-order valence-electron chi connectivity index (χ1n) is 13.1. The summed E-state index contributed by atoms with van der Waals surface area (Å²) in [6.45, 7) is 0. The van der Waals surface area contributed by atoms with Gasteiger partial charge in [-0.05, 0) is 72.4 Å². The molecule has 0 saturated carbocycles. The number of ether oxygens (including phenoxy) is 3. The zero-order valence-electron chi connectivity index (χ0n) is 23.2. The molecule has 3 aromatic rings. The van der Waals surface area contributed by atoms with E-state index in [0.29, 0.717) is 12.5 Å². The molecular formula is C31H24F9NO4. The number of hydrogen-bond acceptors (Lipinski definition) is 4. The van der Waals surface area contributed by atoms with E-state index in [9.17, 15) is 39.9 Å².